The molecular weight excluding hydrogens is 242 g/mol. The van der Waals surface area contributed by atoms with Gasteiger partial charge in [-0.2, -0.15) is 0 Å². The molecule has 1 aliphatic heterocycles. The molecule has 1 aromatic carbocycles. The number of anilines is 1. The van der Waals surface area contributed by atoms with E-state index in [1.165, 1.54) is 0 Å². The third kappa shape index (κ3) is 2.70. The molecule has 0 radical (unpaired) electrons. The molecule has 1 saturated heterocycles. The van der Waals surface area contributed by atoms with Crippen molar-refractivity contribution in [3.8, 4) is 0 Å². The first kappa shape index (κ1) is 13.4. The van der Waals surface area contributed by atoms with Gasteiger partial charge >= 0.3 is 6.03 Å². The van der Waals surface area contributed by atoms with Crippen LogP contribution in [0.5, 0.6) is 0 Å². The summed E-state index contributed by atoms with van der Waals surface area (Å²) in [5.74, 6) is -0.127. The summed E-state index contributed by atoms with van der Waals surface area (Å²) in [4.78, 5) is 25.6. The smallest absolute Gasteiger partial charge is 0.322 e. The van der Waals surface area contributed by atoms with E-state index >= 15 is 0 Å². The van der Waals surface area contributed by atoms with Crippen LogP contribution in [0.2, 0.25) is 0 Å². The van der Waals surface area contributed by atoms with Gasteiger partial charge in [0.2, 0.25) is 5.91 Å². The van der Waals surface area contributed by atoms with Crippen molar-refractivity contribution in [1.29, 1.82) is 0 Å². The summed E-state index contributed by atoms with van der Waals surface area (Å²) in [5.41, 5.74) is 0.992. The molecule has 1 fully saturated rings. The summed E-state index contributed by atoms with van der Waals surface area (Å²) in [6.45, 7) is 6.46. The second-order valence-electron chi connectivity index (χ2n) is 5.27. The zero-order valence-electron chi connectivity index (χ0n) is 11.5. The van der Waals surface area contributed by atoms with E-state index in [-0.39, 0.29) is 11.9 Å². The van der Waals surface area contributed by atoms with Crippen LogP contribution in [0.25, 0.3) is 0 Å². The number of rotatable bonds is 1. The molecular formula is C14H19N3O2. The Hall–Kier alpha value is -2.04. The number of carbonyl (C=O) groups excluding carboxylic acids is 2. The molecule has 3 amide bonds. The summed E-state index contributed by atoms with van der Waals surface area (Å²) in [6, 6.07) is 7.34. The van der Waals surface area contributed by atoms with Gasteiger partial charge in [0.25, 0.3) is 0 Å². The molecule has 0 unspecified atom stereocenters. The van der Waals surface area contributed by atoms with Crippen molar-refractivity contribution in [2.24, 2.45) is 0 Å². The minimum absolute atomic E-state index is 0.127. The van der Waals surface area contributed by atoms with Gasteiger partial charge in [-0.05, 0) is 38.5 Å². The van der Waals surface area contributed by atoms with E-state index in [1.54, 1.807) is 18.7 Å². The predicted octanol–water partition coefficient (Wildman–Crippen LogP) is 1.74. The fourth-order valence-electron chi connectivity index (χ4n) is 2.17. The van der Waals surface area contributed by atoms with E-state index in [0.29, 0.717) is 13.1 Å². The number of piperazine rings is 1. The van der Waals surface area contributed by atoms with Crippen LogP contribution in [0.15, 0.2) is 24.3 Å². The maximum absolute atomic E-state index is 12.3. The maximum Gasteiger partial charge on any atom is 0.322 e. The Labute approximate surface area is 113 Å². The van der Waals surface area contributed by atoms with Crippen LogP contribution in [0, 0.1) is 6.92 Å². The summed E-state index contributed by atoms with van der Waals surface area (Å²) in [6.07, 6.45) is 0. The minimum atomic E-state index is -0.827. The molecule has 1 heterocycles. The summed E-state index contributed by atoms with van der Waals surface area (Å²) in [5, 5.41) is 5.61. The molecule has 0 saturated carbocycles. The van der Waals surface area contributed by atoms with Gasteiger partial charge in [0.1, 0.15) is 5.54 Å². The summed E-state index contributed by atoms with van der Waals surface area (Å²) >= 11 is 0. The number of nitrogens with zero attached hydrogens (tertiary/aromatic N) is 1. The van der Waals surface area contributed by atoms with Gasteiger partial charge in [0, 0.05) is 18.8 Å². The highest BCUT2D eigenvalue weighted by atomic mass is 16.2. The van der Waals surface area contributed by atoms with Gasteiger partial charge in [0.05, 0.1) is 0 Å². The molecule has 0 aliphatic carbocycles. The number of nitrogens with one attached hydrogen (secondary N) is 2. The molecule has 0 spiro atoms. The molecule has 0 bridgehead atoms. The Balaban J connectivity index is 2.13. The van der Waals surface area contributed by atoms with Crippen molar-refractivity contribution in [3.63, 3.8) is 0 Å². The lowest BCUT2D eigenvalue weighted by Crippen LogP contribution is -2.64. The van der Waals surface area contributed by atoms with Crippen molar-refractivity contribution >= 4 is 17.6 Å². The molecule has 2 rings (SSSR count). The first-order chi connectivity index (χ1) is 8.91. The van der Waals surface area contributed by atoms with E-state index < -0.39 is 5.54 Å². The lowest BCUT2D eigenvalue weighted by Gasteiger charge is -2.40. The number of aryl methyl sites for hydroxylation is 1. The van der Waals surface area contributed by atoms with E-state index in [2.05, 4.69) is 10.6 Å². The number of amides is 3. The minimum Gasteiger partial charge on any atom is -0.352 e. The number of urea groups is 1. The van der Waals surface area contributed by atoms with Gasteiger partial charge in [-0.15, -0.1) is 0 Å². The molecule has 5 heteroatoms. The molecule has 0 aromatic heterocycles. The predicted molar refractivity (Wildman–Crippen MR) is 74.0 cm³/mol. The zero-order chi connectivity index (χ0) is 14.0. The van der Waals surface area contributed by atoms with Crippen molar-refractivity contribution in [3.05, 3.63) is 29.8 Å². The van der Waals surface area contributed by atoms with E-state index in [9.17, 15) is 9.59 Å². The highest BCUT2D eigenvalue weighted by Gasteiger charge is 2.40. The molecule has 19 heavy (non-hydrogen) atoms. The Morgan fingerprint density at radius 3 is 2.84 bits per heavy atom. The summed E-state index contributed by atoms with van der Waals surface area (Å²) < 4.78 is 0. The third-order valence-electron chi connectivity index (χ3n) is 3.37. The normalized spacial score (nSPS) is 17.8. The average Bonchev–Trinajstić information content (AvgIpc) is 2.32. The van der Waals surface area contributed by atoms with Crippen molar-refractivity contribution < 1.29 is 9.59 Å². The number of benzene rings is 1. The molecule has 1 aromatic rings. The quantitative estimate of drug-likeness (QED) is 0.809. The second-order valence-corrected chi connectivity index (χ2v) is 5.27. The van der Waals surface area contributed by atoms with Crippen LogP contribution < -0.4 is 10.6 Å². The van der Waals surface area contributed by atoms with Crippen molar-refractivity contribution in [1.82, 2.24) is 10.2 Å². The maximum atomic E-state index is 12.3. The standard InChI is InChI=1S/C14H19N3O2/c1-10-5-4-6-11(9-10)16-13(19)17-8-7-15-12(18)14(17,2)3/h4-6,9H,7-8H2,1-3H3,(H,15,18)(H,16,19). The third-order valence-corrected chi connectivity index (χ3v) is 3.37. The zero-order valence-corrected chi connectivity index (χ0v) is 11.5. The van der Waals surface area contributed by atoms with E-state index in [0.717, 1.165) is 11.3 Å². The molecule has 0 atom stereocenters. The lowest BCUT2D eigenvalue weighted by molar-refractivity contribution is -0.132. The Kier molecular flexibility index (Phi) is 3.46. The summed E-state index contributed by atoms with van der Waals surface area (Å²) in [7, 11) is 0. The molecule has 5 nitrogen and oxygen atoms in total. The van der Waals surface area contributed by atoms with Crippen molar-refractivity contribution in [2.75, 3.05) is 18.4 Å². The van der Waals surface area contributed by atoms with Crippen LogP contribution in [0.1, 0.15) is 19.4 Å². The molecule has 102 valence electrons. The number of hydrogen-bond donors (Lipinski definition) is 2. The molecule has 1 aliphatic rings. The van der Waals surface area contributed by atoms with Crippen LogP contribution in [-0.4, -0.2) is 35.5 Å². The van der Waals surface area contributed by atoms with Crippen LogP contribution >= 0.6 is 0 Å². The Bertz CT molecular complexity index is 511. The number of carbonyl (C=O) groups is 2. The van der Waals surface area contributed by atoms with Gasteiger partial charge in [-0.25, -0.2) is 4.79 Å². The van der Waals surface area contributed by atoms with E-state index in [1.807, 2.05) is 31.2 Å². The first-order valence-electron chi connectivity index (χ1n) is 6.35. The Morgan fingerprint density at radius 2 is 2.16 bits per heavy atom. The largest absolute Gasteiger partial charge is 0.352 e. The Morgan fingerprint density at radius 1 is 1.42 bits per heavy atom. The fraction of sp³-hybridized carbons (Fsp3) is 0.429. The van der Waals surface area contributed by atoms with Gasteiger partial charge in [-0.1, -0.05) is 12.1 Å². The highest BCUT2D eigenvalue weighted by molar-refractivity contribution is 5.96. The highest BCUT2D eigenvalue weighted by Crippen LogP contribution is 2.19. The van der Waals surface area contributed by atoms with Gasteiger partial charge in [-0.3, -0.25) is 4.79 Å². The van der Waals surface area contributed by atoms with E-state index in [4.69, 9.17) is 0 Å². The van der Waals surface area contributed by atoms with Crippen LogP contribution in [-0.2, 0) is 4.79 Å². The van der Waals surface area contributed by atoms with Crippen molar-refractivity contribution in [2.45, 2.75) is 26.3 Å². The first-order valence-corrected chi connectivity index (χ1v) is 6.35. The number of hydrogen-bond acceptors (Lipinski definition) is 2. The van der Waals surface area contributed by atoms with Crippen LogP contribution in [0.3, 0.4) is 0 Å². The topological polar surface area (TPSA) is 61.4 Å². The average molecular weight is 261 g/mol. The van der Waals surface area contributed by atoms with Gasteiger partial charge in [0.15, 0.2) is 0 Å². The fourth-order valence-corrected chi connectivity index (χ4v) is 2.17. The van der Waals surface area contributed by atoms with Crippen LogP contribution in [0.4, 0.5) is 10.5 Å². The SMILES string of the molecule is Cc1cccc(NC(=O)N2CCNC(=O)C2(C)C)c1. The lowest BCUT2D eigenvalue weighted by atomic mass is 9.99. The molecule has 2 N–H and O–H groups in total. The second kappa shape index (κ2) is 4.91. The monoisotopic (exact) mass is 261 g/mol. The van der Waals surface area contributed by atoms with Gasteiger partial charge < -0.3 is 15.5 Å².